The average molecular weight is 256 g/mol. The van der Waals surface area contributed by atoms with Gasteiger partial charge in [-0.2, -0.15) is 0 Å². The molecule has 7 heteroatoms. The molecule has 0 spiro atoms. The number of methoxy groups -OCH3 is 1. The van der Waals surface area contributed by atoms with Gasteiger partial charge in [-0.05, 0) is 0 Å². The Morgan fingerprint density at radius 1 is 1.44 bits per heavy atom. The van der Waals surface area contributed by atoms with Crippen LogP contribution in [-0.2, 0) is 22.6 Å². The van der Waals surface area contributed by atoms with Crippen molar-refractivity contribution in [1.29, 1.82) is 0 Å². The van der Waals surface area contributed by atoms with Crippen molar-refractivity contribution in [3.05, 3.63) is 12.2 Å². The standard InChI is InChI=1S/C11H20N4O3/c1-17-4-5-18-8-10(16)6-14-2-3-15-9-12-13-11(15)7-14/h9-10,16H,2-8H2,1H3. The Labute approximate surface area is 106 Å². The number of aliphatic hydroxyl groups is 1. The lowest BCUT2D eigenvalue weighted by Crippen LogP contribution is -2.40. The summed E-state index contributed by atoms with van der Waals surface area (Å²) in [5.41, 5.74) is 0. The van der Waals surface area contributed by atoms with Crippen molar-refractivity contribution in [2.45, 2.75) is 19.2 Å². The lowest BCUT2D eigenvalue weighted by Gasteiger charge is -2.28. The summed E-state index contributed by atoms with van der Waals surface area (Å²) < 4.78 is 12.2. The Hall–Kier alpha value is -1.02. The third kappa shape index (κ3) is 3.74. The van der Waals surface area contributed by atoms with E-state index in [9.17, 15) is 5.11 Å². The van der Waals surface area contributed by atoms with Crippen LogP contribution in [0.5, 0.6) is 0 Å². The molecule has 0 saturated heterocycles. The zero-order valence-corrected chi connectivity index (χ0v) is 10.7. The number of hydrogen-bond acceptors (Lipinski definition) is 6. The van der Waals surface area contributed by atoms with Crippen LogP contribution < -0.4 is 0 Å². The first-order valence-corrected chi connectivity index (χ1v) is 6.13. The monoisotopic (exact) mass is 256 g/mol. The topological polar surface area (TPSA) is 72.6 Å². The Morgan fingerprint density at radius 3 is 3.17 bits per heavy atom. The fourth-order valence-electron chi connectivity index (χ4n) is 1.98. The Bertz CT molecular complexity index is 358. The molecule has 102 valence electrons. The van der Waals surface area contributed by atoms with Crippen molar-refractivity contribution in [3.63, 3.8) is 0 Å². The fourth-order valence-corrected chi connectivity index (χ4v) is 1.98. The molecule has 1 atom stereocenters. The minimum atomic E-state index is -0.476. The molecule has 0 aromatic carbocycles. The molecule has 1 aromatic rings. The van der Waals surface area contributed by atoms with E-state index in [-0.39, 0.29) is 0 Å². The highest BCUT2D eigenvalue weighted by Crippen LogP contribution is 2.09. The van der Waals surface area contributed by atoms with Crippen LogP contribution in [0.3, 0.4) is 0 Å². The highest BCUT2D eigenvalue weighted by atomic mass is 16.5. The van der Waals surface area contributed by atoms with Crippen molar-refractivity contribution < 1.29 is 14.6 Å². The van der Waals surface area contributed by atoms with Gasteiger partial charge in [-0.3, -0.25) is 4.90 Å². The van der Waals surface area contributed by atoms with Crippen molar-refractivity contribution in [3.8, 4) is 0 Å². The molecule has 18 heavy (non-hydrogen) atoms. The van der Waals surface area contributed by atoms with Crippen LogP contribution in [0.2, 0.25) is 0 Å². The summed E-state index contributed by atoms with van der Waals surface area (Å²) in [7, 11) is 1.63. The van der Waals surface area contributed by atoms with Gasteiger partial charge in [0, 0.05) is 26.7 Å². The minimum absolute atomic E-state index is 0.340. The van der Waals surface area contributed by atoms with E-state index in [1.54, 1.807) is 13.4 Å². The van der Waals surface area contributed by atoms with Crippen molar-refractivity contribution in [2.24, 2.45) is 0 Å². The largest absolute Gasteiger partial charge is 0.389 e. The molecule has 0 amide bonds. The van der Waals surface area contributed by atoms with Crippen LogP contribution >= 0.6 is 0 Å². The Morgan fingerprint density at radius 2 is 2.33 bits per heavy atom. The second-order valence-corrected chi connectivity index (χ2v) is 4.40. The van der Waals surface area contributed by atoms with E-state index in [4.69, 9.17) is 9.47 Å². The normalized spacial score (nSPS) is 17.7. The summed E-state index contributed by atoms with van der Waals surface area (Å²) >= 11 is 0. The van der Waals surface area contributed by atoms with Gasteiger partial charge >= 0.3 is 0 Å². The molecular formula is C11H20N4O3. The number of aromatic nitrogens is 3. The lowest BCUT2D eigenvalue weighted by atomic mass is 10.3. The first-order chi connectivity index (χ1) is 8.79. The Balaban J connectivity index is 1.67. The fraction of sp³-hybridized carbons (Fsp3) is 0.818. The molecule has 0 saturated carbocycles. The number of β-amino-alcohol motifs (C(OH)–C–C–N with tert-alkyl or cyclic N) is 1. The Kier molecular flexibility index (Phi) is 5.06. The summed E-state index contributed by atoms with van der Waals surface area (Å²) in [5.74, 6) is 0.953. The second kappa shape index (κ2) is 6.79. The molecule has 2 heterocycles. The SMILES string of the molecule is COCCOCC(O)CN1CCn2cnnc2C1. The molecule has 0 aliphatic carbocycles. The van der Waals surface area contributed by atoms with Crippen molar-refractivity contribution >= 4 is 0 Å². The predicted molar refractivity (Wildman–Crippen MR) is 64.0 cm³/mol. The molecule has 1 unspecified atom stereocenters. The van der Waals surface area contributed by atoms with Crippen LogP contribution in [0.15, 0.2) is 6.33 Å². The maximum Gasteiger partial charge on any atom is 0.147 e. The van der Waals surface area contributed by atoms with Gasteiger partial charge in [0.25, 0.3) is 0 Å². The van der Waals surface area contributed by atoms with E-state index in [0.717, 1.165) is 25.5 Å². The zero-order chi connectivity index (χ0) is 12.8. The molecule has 1 N–H and O–H groups in total. The van der Waals surface area contributed by atoms with Crippen LogP contribution in [0.1, 0.15) is 5.82 Å². The summed E-state index contributed by atoms with van der Waals surface area (Å²) in [5, 5.41) is 17.8. The molecule has 7 nitrogen and oxygen atoms in total. The van der Waals surface area contributed by atoms with Gasteiger partial charge in [0.1, 0.15) is 12.2 Å². The van der Waals surface area contributed by atoms with E-state index in [1.165, 1.54) is 0 Å². The molecule has 0 radical (unpaired) electrons. The third-order valence-corrected chi connectivity index (χ3v) is 2.93. The molecule has 1 aliphatic rings. The van der Waals surface area contributed by atoms with E-state index in [2.05, 4.69) is 15.1 Å². The molecule has 0 bridgehead atoms. The lowest BCUT2D eigenvalue weighted by molar-refractivity contribution is -0.00396. The number of fused-ring (bicyclic) bond motifs is 1. The third-order valence-electron chi connectivity index (χ3n) is 2.93. The quantitative estimate of drug-likeness (QED) is 0.639. The predicted octanol–water partition coefficient (Wildman–Crippen LogP) is -0.882. The van der Waals surface area contributed by atoms with E-state index in [0.29, 0.717) is 26.4 Å². The maximum atomic E-state index is 9.85. The van der Waals surface area contributed by atoms with Gasteiger partial charge < -0.3 is 19.1 Å². The number of ether oxygens (including phenoxy) is 2. The maximum absolute atomic E-state index is 9.85. The van der Waals surface area contributed by atoms with Gasteiger partial charge in [-0.25, -0.2) is 0 Å². The molecule has 1 aliphatic heterocycles. The number of nitrogens with zero attached hydrogens (tertiary/aromatic N) is 4. The first-order valence-electron chi connectivity index (χ1n) is 6.13. The second-order valence-electron chi connectivity index (χ2n) is 4.40. The van der Waals surface area contributed by atoms with Crippen LogP contribution in [-0.4, -0.2) is 70.9 Å². The minimum Gasteiger partial charge on any atom is -0.389 e. The number of rotatable bonds is 7. The van der Waals surface area contributed by atoms with Gasteiger partial charge in [0.15, 0.2) is 0 Å². The first kappa shape index (κ1) is 13.4. The summed E-state index contributed by atoms with van der Waals surface area (Å²) in [4.78, 5) is 2.16. The van der Waals surface area contributed by atoms with Crippen LogP contribution in [0.25, 0.3) is 0 Å². The smallest absolute Gasteiger partial charge is 0.147 e. The molecule has 2 rings (SSSR count). The van der Waals surface area contributed by atoms with Gasteiger partial charge in [0.05, 0.1) is 32.5 Å². The van der Waals surface area contributed by atoms with Crippen LogP contribution in [0, 0.1) is 0 Å². The van der Waals surface area contributed by atoms with Gasteiger partial charge in [0.2, 0.25) is 0 Å². The zero-order valence-electron chi connectivity index (χ0n) is 10.7. The number of hydrogen-bond donors (Lipinski definition) is 1. The van der Waals surface area contributed by atoms with E-state index < -0.39 is 6.10 Å². The van der Waals surface area contributed by atoms with Crippen LogP contribution in [0.4, 0.5) is 0 Å². The van der Waals surface area contributed by atoms with E-state index >= 15 is 0 Å². The summed E-state index contributed by atoms with van der Waals surface area (Å²) in [6.07, 6.45) is 1.27. The van der Waals surface area contributed by atoms with E-state index in [1.807, 2.05) is 4.57 Å². The molecule has 0 fully saturated rings. The highest BCUT2D eigenvalue weighted by molar-refractivity contribution is 4.90. The average Bonchev–Trinajstić information content (AvgIpc) is 2.82. The molecule has 1 aromatic heterocycles. The van der Waals surface area contributed by atoms with Gasteiger partial charge in [-0.1, -0.05) is 0 Å². The van der Waals surface area contributed by atoms with Crippen molar-refractivity contribution in [1.82, 2.24) is 19.7 Å². The molecular weight excluding hydrogens is 236 g/mol. The van der Waals surface area contributed by atoms with Gasteiger partial charge in [-0.15, -0.1) is 10.2 Å². The summed E-state index contributed by atoms with van der Waals surface area (Å²) in [6, 6.07) is 0. The number of aliphatic hydroxyl groups excluding tert-OH is 1. The van der Waals surface area contributed by atoms with Crippen molar-refractivity contribution in [2.75, 3.05) is 40.0 Å². The highest BCUT2D eigenvalue weighted by Gasteiger charge is 2.19. The summed E-state index contributed by atoms with van der Waals surface area (Å²) in [6.45, 7) is 4.52.